The summed E-state index contributed by atoms with van der Waals surface area (Å²) in [7, 11) is 2.01. The summed E-state index contributed by atoms with van der Waals surface area (Å²) >= 11 is 0. The minimum Gasteiger partial charge on any atom is -0.348 e. The number of aromatic nitrogens is 3. The molecule has 19 heavy (non-hydrogen) atoms. The molecule has 0 aliphatic carbocycles. The van der Waals surface area contributed by atoms with Crippen LogP contribution in [0.25, 0.3) is 0 Å². The van der Waals surface area contributed by atoms with Crippen LogP contribution in [-0.2, 0) is 13.1 Å². The molecular formula is C15H24N4. The number of nitrogens with zero attached hydrogens (tertiary/aromatic N) is 3. The highest BCUT2D eigenvalue weighted by Gasteiger charge is 2.09. The Morgan fingerprint density at radius 2 is 2.16 bits per heavy atom. The van der Waals surface area contributed by atoms with Gasteiger partial charge in [-0.3, -0.25) is 4.68 Å². The van der Waals surface area contributed by atoms with Crippen molar-refractivity contribution in [3.05, 3.63) is 41.5 Å². The minimum absolute atomic E-state index is 0.444. The van der Waals surface area contributed by atoms with Crippen LogP contribution in [0.3, 0.4) is 0 Å². The molecule has 1 N–H and O–H groups in total. The van der Waals surface area contributed by atoms with Gasteiger partial charge in [-0.15, -0.1) is 0 Å². The molecule has 4 heteroatoms. The lowest BCUT2D eigenvalue weighted by Crippen LogP contribution is -2.14. The van der Waals surface area contributed by atoms with Crippen LogP contribution in [0.1, 0.15) is 43.3 Å². The standard InChI is InChI=1S/C15H24N4/c1-5-15(16-4)13-7-8-18(10-13)11-14-9-12(3)17-19(14)6-2/h7-10,15-16H,5-6,11H2,1-4H3. The summed E-state index contributed by atoms with van der Waals surface area (Å²) in [5, 5.41) is 7.83. The molecule has 2 aromatic heterocycles. The molecule has 0 aliphatic heterocycles. The average molecular weight is 260 g/mol. The van der Waals surface area contributed by atoms with Gasteiger partial charge in [-0.1, -0.05) is 6.92 Å². The molecule has 0 aliphatic rings. The largest absolute Gasteiger partial charge is 0.348 e. The van der Waals surface area contributed by atoms with Crippen LogP contribution >= 0.6 is 0 Å². The second kappa shape index (κ2) is 6.06. The summed E-state index contributed by atoms with van der Waals surface area (Å²) in [6.07, 6.45) is 5.48. The van der Waals surface area contributed by atoms with E-state index in [9.17, 15) is 0 Å². The number of aryl methyl sites for hydroxylation is 2. The van der Waals surface area contributed by atoms with E-state index < -0.39 is 0 Å². The second-order valence-corrected chi connectivity index (χ2v) is 4.96. The molecule has 0 aromatic carbocycles. The van der Waals surface area contributed by atoms with Gasteiger partial charge >= 0.3 is 0 Å². The zero-order valence-corrected chi connectivity index (χ0v) is 12.3. The first kappa shape index (κ1) is 13.9. The summed E-state index contributed by atoms with van der Waals surface area (Å²) in [6.45, 7) is 8.18. The molecule has 4 nitrogen and oxygen atoms in total. The fraction of sp³-hybridized carbons (Fsp3) is 0.533. The smallest absolute Gasteiger partial charge is 0.0639 e. The van der Waals surface area contributed by atoms with Gasteiger partial charge in [-0.05, 0) is 45.0 Å². The first-order valence-corrected chi connectivity index (χ1v) is 7.04. The quantitative estimate of drug-likeness (QED) is 0.866. The third kappa shape index (κ3) is 3.07. The lowest BCUT2D eigenvalue weighted by atomic mass is 10.1. The maximum atomic E-state index is 4.49. The van der Waals surface area contributed by atoms with Crippen LogP contribution in [-0.4, -0.2) is 21.4 Å². The normalized spacial score (nSPS) is 12.8. The van der Waals surface area contributed by atoms with Crippen molar-refractivity contribution in [1.82, 2.24) is 19.7 Å². The Morgan fingerprint density at radius 1 is 1.37 bits per heavy atom. The zero-order chi connectivity index (χ0) is 13.8. The zero-order valence-electron chi connectivity index (χ0n) is 12.3. The maximum Gasteiger partial charge on any atom is 0.0639 e. The summed E-state index contributed by atoms with van der Waals surface area (Å²) in [4.78, 5) is 0. The monoisotopic (exact) mass is 260 g/mol. The van der Waals surface area contributed by atoms with Gasteiger partial charge in [-0.25, -0.2) is 0 Å². The maximum absolute atomic E-state index is 4.49. The van der Waals surface area contributed by atoms with Gasteiger partial charge in [0, 0.05) is 25.0 Å². The Bertz CT molecular complexity index is 520. The van der Waals surface area contributed by atoms with Crippen LogP contribution in [0.5, 0.6) is 0 Å². The Kier molecular flexibility index (Phi) is 4.43. The van der Waals surface area contributed by atoms with Crippen molar-refractivity contribution in [2.75, 3.05) is 7.05 Å². The molecule has 2 aromatic rings. The van der Waals surface area contributed by atoms with E-state index in [-0.39, 0.29) is 0 Å². The van der Waals surface area contributed by atoms with E-state index in [2.05, 4.69) is 58.0 Å². The SMILES string of the molecule is CCC(NC)c1ccn(Cc2cc(C)nn2CC)c1. The molecule has 1 atom stereocenters. The predicted octanol–water partition coefficient (Wildman–Crippen LogP) is 2.73. The van der Waals surface area contributed by atoms with Crippen molar-refractivity contribution in [2.24, 2.45) is 0 Å². The lowest BCUT2D eigenvalue weighted by molar-refractivity contribution is 0.572. The molecule has 104 valence electrons. The van der Waals surface area contributed by atoms with Crippen molar-refractivity contribution in [3.8, 4) is 0 Å². The van der Waals surface area contributed by atoms with Crippen LogP contribution in [0.2, 0.25) is 0 Å². The topological polar surface area (TPSA) is 34.8 Å². The molecule has 0 saturated carbocycles. The third-order valence-electron chi connectivity index (χ3n) is 3.56. The Balaban J connectivity index is 2.15. The van der Waals surface area contributed by atoms with E-state index >= 15 is 0 Å². The molecule has 0 spiro atoms. The Hall–Kier alpha value is -1.55. The highest BCUT2D eigenvalue weighted by Crippen LogP contribution is 2.17. The summed E-state index contributed by atoms with van der Waals surface area (Å²) < 4.78 is 4.31. The highest BCUT2D eigenvalue weighted by atomic mass is 15.3. The minimum atomic E-state index is 0.444. The van der Waals surface area contributed by atoms with E-state index in [1.54, 1.807) is 0 Å². The highest BCUT2D eigenvalue weighted by molar-refractivity contribution is 5.17. The molecule has 0 bridgehead atoms. The van der Waals surface area contributed by atoms with Crippen molar-refractivity contribution in [2.45, 2.75) is 46.3 Å². The number of hydrogen-bond donors (Lipinski definition) is 1. The predicted molar refractivity (Wildman–Crippen MR) is 78.3 cm³/mol. The Labute approximate surface area is 115 Å². The Morgan fingerprint density at radius 3 is 2.79 bits per heavy atom. The molecule has 0 saturated heterocycles. The number of hydrogen-bond acceptors (Lipinski definition) is 2. The molecule has 0 amide bonds. The van der Waals surface area contributed by atoms with Gasteiger partial charge in [0.05, 0.1) is 17.9 Å². The van der Waals surface area contributed by atoms with Crippen molar-refractivity contribution >= 4 is 0 Å². The van der Waals surface area contributed by atoms with Gasteiger partial charge in [-0.2, -0.15) is 5.10 Å². The molecule has 2 rings (SSSR count). The summed E-state index contributed by atoms with van der Waals surface area (Å²) in [5.74, 6) is 0. The van der Waals surface area contributed by atoms with E-state index in [0.29, 0.717) is 6.04 Å². The van der Waals surface area contributed by atoms with Crippen molar-refractivity contribution < 1.29 is 0 Å². The molecule has 0 radical (unpaired) electrons. The van der Waals surface area contributed by atoms with E-state index in [1.165, 1.54) is 11.3 Å². The van der Waals surface area contributed by atoms with Crippen molar-refractivity contribution in [3.63, 3.8) is 0 Å². The number of rotatable bonds is 6. The second-order valence-electron chi connectivity index (χ2n) is 4.96. The fourth-order valence-corrected chi connectivity index (χ4v) is 2.56. The van der Waals surface area contributed by atoms with E-state index in [0.717, 1.165) is 25.2 Å². The summed E-state index contributed by atoms with van der Waals surface area (Å²) in [5.41, 5.74) is 3.70. The molecule has 1 unspecified atom stereocenters. The van der Waals surface area contributed by atoms with Crippen LogP contribution in [0.15, 0.2) is 24.5 Å². The third-order valence-corrected chi connectivity index (χ3v) is 3.56. The number of nitrogens with one attached hydrogen (secondary N) is 1. The first-order chi connectivity index (χ1) is 9.17. The van der Waals surface area contributed by atoms with Gasteiger partial charge in [0.15, 0.2) is 0 Å². The lowest BCUT2D eigenvalue weighted by Gasteiger charge is -2.11. The molecule has 0 fully saturated rings. The van der Waals surface area contributed by atoms with Crippen LogP contribution in [0.4, 0.5) is 0 Å². The first-order valence-electron chi connectivity index (χ1n) is 7.04. The van der Waals surface area contributed by atoms with Gasteiger partial charge in [0.1, 0.15) is 0 Å². The van der Waals surface area contributed by atoms with E-state index in [4.69, 9.17) is 0 Å². The summed E-state index contributed by atoms with van der Waals surface area (Å²) in [6, 6.07) is 4.81. The van der Waals surface area contributed by atoms with Gasteiger partial charge < -0.3 is 9.88 Å². The average Bonchev–Trinajstić information content (AvgIpc) is 2.98. The van der Waals surface area contributed by atoms with Gasteiger partial charge in [0.25, 0.3) is 0 Å². The fourth-order valence-electron chi connectivity index (χ4n) is 2.56. The van der Waals surface area contributed by atoms with Crippen LogP contribution in [0, 0.1) is 6.92 Å². The molecule has 2 heterocycles. The van der Waals surface area contributed by atoms with E-state index in [1.807, 2.05) is 14.0 Å². The van der Waals surface area contributed by atoms with Gasteiger partial charge in [0.2, 0.25) is 0 Å². The molecular weight excluding hydrogens is 236 g/mol. The van der Waals surface area contributed by atoms with Crippen LogP contribution < -0.4 is 5.32 Å². The van der Waals surface area contributed by atoms with Crippen molar-refractivity contribution in [1.29, 1.82) is 0 Å².